The number of carbonyl (C=O) groups excluding carboxylic acids is 3. The summed E-state index contributed by atoms with van der Waals surface area (Å²) in [7, 11) is 0. The minimum absolute atomic E-state index is 0.0811. The Hall–Kier alpha value is -2.58. The zero-order chi connectivity index (χ0) is 28.0. The van der Waals surface area contributed by atoms with Gasteiger partial charge in [-0.25, -0.2) is 0 Å². The number of esters is 1. The average Bonchev–Trinajstić information content (AvgIpc) is 3.49. The highest BCUT2D eigenvalue weighted by Crippen LogP contribution is 2.71. The van der Waals surface area contributed by atoms with Crippen molar-refractivity contribution in [1.82, 2.24) is 9.80 Å². The van der Waals surface area contributed by atoms with Crippen LogP contribution in [0.3, 0.4) is 0 Å². The maximum Gasteiger partial charge on any atom is 0.311 e. The lowest BCUT2D eigenvalue weighted by atomic mass is 9.66. The minimum Gasteiger partial charge on any atom is -0.465 e. The van der Waals surface area contributed by atoms with E-state index < -0.39 is 27.4 Å². The highest BCUT2D eigenvalue weighted by Gasteiger charge is 2.77. The second kappa shape index (κ2) is 12.7. The molecule has 0 aliphatic carbocycles. The molecule has 1 spiro atoms. The number of thioether (sulfide) groups is 1. The van der Waals surface area contributed by atoms with Gasteiger partial charge in [-0.2, -0.15) is 0 Å². The molecule has 1 N–H and O–H groups in total. The summed E-state index contributed by atoms with van der Waals surface area (Å²) in [5.74, 6) is -1.68. The van der Waals surface area contributed by atoms with Crippen LogP contribution in [0.2, 0.25) is 0 Å². The molecule has 3 aliphatic rings. The second-order valence-corrected chi connectivity index (χ2v) is 13.0. The Morgan fingerprint density at radius 1 is 1.15 bits per heavy atom. The Labute approximate surface area is 236 Å². The van der Waals surface area contributed by atoms with Gasteiger partial charge in [-0.1, -0.05) is 55.3 Å². The molecule has 3 aliphatic heterocycles. The van der Waals surface area contributed by atoms with E-state index in [1.807, 2.05) is 30.3 Å². The number of carbonyl (C=O) groups is 3. The number of ether oxygens (including phenoxy) is 1. The second-order valence-electron chi connectivity index (χ2n) is 11.1. The van der Waals surface area contributed by atoms with Crippen molar-refractivity contribution in [2.24, 2.45) is 11.8 Å². The fraction of sp³-hybridized carbons (Fsp3) is 0.581. The third kappa shape index (κ3) is 5.68. The molecule has 3 heterocycles. The number of hydrogen-bond acceptors (Lipinski definition) is 6. The van der Waals surface area contributed by atoms with Crippen LogP contribution in [0, 0.1) is 11.8 Å². The fourth-order valence-electron chi connectivity index (χ4n) is 6.75. The number of amides is 2. The molecule has 2 unspecified atom stereocenters. The Balaban J connectivity index is 1.66. The molecular weight excluding hydrogens is 512 g/mol. The largest absolute Gasteiger partial charge is 0.465 e. The zero-order valence-electron chi connectivity index (χ0n) is 23.1. The number of rotatable bonds is 15. The summed E-state index contributed by atoms with van der Waals surface area (Å²) in [6.45, 7) is 11.3. The SMILES string of the molecule is C=CCCOC(=O)[C@@H]1[C@H]2C(=O)N(CCCCCCO)C(C(=O)N(CC=C)Cc3ccccc3)C23CC[C@@]1(C)S3. The van der Waals surface area contributed by atoms with Gasteiger partial charge in [0, 0.05) is 31.0 Å². The summed E-state index contributed by atoms with van der Waals surface area (Å²) in [5.41, 5.74) is 1.01. The molecule has 2 bridgehead atoms. The molecule has 8 heteroatoms. The highest BCUT2D eigenvalue weighted by molar-refractivity contribution is 8.02. The van der Waals surface area contributed by atoms with Crippen LogP contribution in [0.1, 0.15) is 57.4 Å². The number of unbranched alkanes of at least 4 members (excludes halogenated alkanes) is 3. The maximum atomic E-state index is 14.5. The summed E-state index contributed by atoms with van der Waals surface area (Å²) in [6.07, 6.45) is 8.67. The highest BCUT2D eigenvalue weighted by atomic mass is 32.2. The fourth-order valence-corrected chi connectivity index (χ4v) is 9.09. The lowest BCUT2D eigenvalue weighted by Crippen LogP contribution is -2.54. The van der Waals surface area contributed by atoms with Gasteiger partial charge in [0.1, 0.15) is 6.04 Å². The van der Waals surface area contributed by atoms with Crippen LogP contribution in [-0.4, -0.2) is 74.5 Å². The van der Waals surface area contributed by atoms with E-state index in [-0.39, 0.29) is 31.0 Å². The zero-order valence-corrected chi connectivity index (χ0v) is 23.9. The molecule has 1 aromatic rings. The van der Waals surface area contributed by atoms with E-state index in [4.69, 9.17) is 9.84 Å². The van der Waals surface area contributed by atoms with Crippen molar-refractivity contribution in [1.29, 1.82) is 0 Å². The molecule has 1 aromatic carbocycles. The molecular formula is C31H42N2O5S. The van der Waals surface area contributed by atoms with Crippen LogP contribution in [0.5, 0.6) is 0 Å². The van der Waals surface area contributed by atoms with Gasteiger partial charge >= 0.3 is 5.97 Å². The number of nitrogens with zero attached hydrogens (tertiary/aromatic N) is 2. The molecule has 5 atom stereocenters. The molecule has 7 nitrogen and oxygen atoms in total. The Bertz CT molecular complexity index is 1060. The third-order valence-corrected chi connectivity index (χ3v) is 10.5. The van der Waals surface area contributed by atoms with Crippen molar-refractivity contribution in [3.63, 3.8) is 0 Å². The normalized spacial score (nSPS) is 28.8. The van der Waals surface area contributed by atoms with E-state index in [1.165, 1.54) is 0 Å². The van der Waals surface area contributed by atoms with E-state index in [2.05, 4.69) is 20.1 Å². The first-order valence-electron chi connectivity index (χ1n) is 14.2. The van der Waals surface area contributed by atoms with Gasteiger partial charge in [0.2, 0.25) is 11.8 Å². The van der Waals surface area contributed by atoms with Crippen LogP contribution < -0.4 is 0 Å². The predicted octanol–water partition coefficient (Wildman–Crippen LogP) is 4.35. The number of likely N-dealkylation sites (tertiary alicyclic amines) is 1. The van der Waals surface area contributed by atoms with Crippen molar-refractivity contribution >= 4 is 29.5 Å². The number of benzene rings is 1. The first-order chi connectivity index (χ1) is 18.8. The summed E-state index contributed by atoms with van der Waals surface area (Å²) in [5, 5.41) is 9.15. The number of aliphatic hydroxyl groups is 1. The van der Waals surface area contributed by atoms with Gasteiger partial charge in [0.25, 0.3) is 0 Å². The monoisotopic (exact) mass is 554 g/mol. The third-order valence-electron chi connectivity index (χ3n) is 8.52. The number of fused-ring (bicyclic) bond motifs is 1. The molecule has 0 radical (unpaired) electrons. The van der Waals surface area contributed by atoms with Crippen LogP contribution in [0.4, 0.5) is 0 Å². The van der Waals surface area contributed by atoms with Crippen molar-refractivity contribution in [2.45, 2.75) is 74.0 Å². The topological polar surface area (TPSA) is 87.1 Å². The lowest BCUT2D eigenvalue weighted by molar-refractivity contribution is -0.155. The summed E-state index contributed by atoms with van der Waals surface area (Å²) >= 11 is 1.67. The van der Waals surface area contributed by atoms with Crippen molar-refractivity contribution in [2.75, 3.05) is 26.3 Å². The van der Waals surface area contributed by atoms with Gasteiger partial charge in [0.05, 0.1) is 23.2 Å². The van der Waals surface area contributed by atoms with Crippen molar-refractivity contribution in [3.05, 3.63) is 61.2 Å². The molecule has 212 valence electrons. The minimum atomic E-state index is -0.660. The molecule has 3 fully saturated rings. The predicted molar refractivity (Wildman–Crippen MR) is 154 cm³/mol. The van der Waals surface area contributed by atoms with E-state index in [0.717, 1.165) is 37.7 Å². The number of aliphatic hydroxyl groups excluding tert-OH is 1. The Morgan fingerprint density at radius 3 is 2.59 bits per heavy atom. The lowest BCUT2D eigenvalue weighted by Gasteiger charge is -2.37. The standard InChI is InChI=1S/C31H42N2O5S/c1-4-6-21-38-29(37)25-24-27(35)33(19-12-7-8-13-20-34)26(31(24)17-16-30(25,3)39-31)28(36)32(18-5-2)22-23-14-10-9-11-15-23/h4-5,9-11,14-15,24-26,34H,1-2,6-8,12-13,16-22H2,3H3/t24-,25-,26?,30+,31?/m0/s1. The summed E-state index contributed by atoms with van der Waals surface area (Å²) in [4.78, 5) is 45.6. The van der Waals surface area contributed by atoms with E-state index in [0.29, 0.717) is 32.5 Å². The van der Waals surface area contributed by atoms with E-state index >= 15 is 0 Å². The maximum absolute atomic E-state index is 14.5. The summed E-state index contributed by atoms with van der Waals surface area (Å²) < 4.78 is 4.53. The van der Waals surface area contributed by atoms with Gasteiger partial charge in [-0.05, 0) is 44.6 Å². The van der Waals surface area contributed by atoms with E-state index in [9.17, 15) is 14.4 Å². The van der Waals surface area contributed by atoms with Gasteiger partial charge in [0.15, 0.2) is 0 Å². The van der Waals surface area contributed by atoms with Gasteiger partial charge in [-0.15, -0.1) is 24.9 Å². The molecule has 0 aromatic heterocycles. The average molecular weight is 555 g/mol. The van der Waals surface area contributed by atoms with Crippen LogP contribution >= 0.6 is 11.8 Å². The molecule has 4 rings (SSSR count). The molecule has 2 amide bonds. The summed E-state index contributed by atoms with van der Waals surface area (Å²) in [6, 6.07) is 9.20. The van der Waals surface area contributed by atoms with Crippen molar-refractivity contribution < 1.29 is 24.2 Å². The Morgan fingerprint density at radius 2 is 1.90 bits per heavy atom. The quantitative estimate of drug-likeness (QED) is 0.197. The van der Waals surface area contributed by atoms with Gasteiger partial charge < -0.3 is 19.6 Å². The Kier molecular flexibility index (Phi) is 9.60. The first-order valence-corrected chi connectivity index (χ1v) is 15.0. The molecule has 3 saturated heterocycles. The van der Waals surface area contributed by atoms with Gasteiger partial charge in [-0.3, -0.25) is 14.4 Å². The number of hydrogen-bond donors (Lipinski definition) is 1. The van der Waals surface area contributed by atoms with Crippen LogP contribution in [-0.2, 0) is 25.7 Å². The smallest absolute Gasteiger partial charge is 0.311 e. The van der Waals surface area contributed by atoms with Crippen molar-refractivity contribution in [3.8, 4) is 0 Å². The van der Waals surface area contributed by atoms with Crippen LogP contribution in [0.25, 0.3) is 0 Å². The molecule has 0 saturated carbocycles. The molecule has 39 heavy (non-hydrogen) atoms. The van der Waals surface area contributed by atoms with Crippen LogP contribution in [0.15, 0.2) is 55.6 Å². The first kappa shape index (κ1) is 29.4. The van der Waals surface area contributed by atoms with E-state index in [1.54, 1.807) is 33.7 Å².